The van der Waals surface area contributed by atoms with Crippen LogP contribution in [0.3, 0.4) is 0 Å². The van der Waals surface area contributed by atoms with Crippen LogP contribution >= 0.6 is 0 Å². The van der Waals surface area contributed by atoms with Crippen LogP contribution in [0.1, 0.15) is 44.1 Å². The van der Waals surface area contributed by atoms with Gasteiger partial charge in [0.15, 0.2) is 0 Å². The number of hydrogen-bond acceptors (Lipinski definition) is 7. The molecule has 11 heteroatoms. The Balaban J connectivity index is 0.924. The first-order valence-electron chi connectivity index (χ1n) is 15.5. The van der Waals surface area contributed by atoms with Crippen LogP contribution in [0, 0.1) is 23.2 Å². The van der Waals surface area contributed by atoms with E-state index >= 15 is 0 Å². The first kappa shape index (κ1) is 27.6. The SMILES string of the molecule is O=C1NC(=O)N(C2CCN(C(=O)C34CC5CC(C3)C4C5)CC2)C1Cc1ccc(OS(=O)(=O)c2cccc3cnccc23)cc1. The van der Waals surface area contributed by atoms with E-state index in [1.165, 1.54) is 25.1 Å². The lowest BCUT2D eigenvalue weighted by Gasteiger charge is -2.54. The summed E-state index contributed by atoms with van der Waals surface area (Å²) in [5, 5.41) is 3.69. The largest absolute Gasteiger partial charge is 0.379 e. The number of hydrogen-bond donors (Lipinski definition) is 1. The fourth-order valence-electron chi connectivity index (χ4n) is 9.03. The van der Waals surface area contributed by atoms with Gasteiger partial charge in [-0.1, -0.05) is 24.3 Å². The first-order chi connectivity index (χ1) is 21.2. The number of urea groups is 1. The maximum absolute atomic E-state index is 13.6. The van der Waals surface area contributed by atoms with Gasteiger partial charge in [-0.3, -0.25) is 19.9 Å². The molecule has 3 aliphatic carbocycles. The van der Waals surface area contributed by atoms with Crippen molar-refractivity contribution in [1.29, 1.82) is 0 Å². The van der Waals surface area contributed by atoms with Crippen molar-refractivity contribution in [3.05, 3.63) is 66.5 Å². The molecule has 2 bridgehead atoms. The molecular weight excluding hydrogens is 580 g/mol. The van der Waals surface area contributed by atoms with Gasteiger partial charge in [0, 0.05) is 48.7 Å². The zero-order chi connectivity index (χ0) is 30.2. The molecule has 8 rings (SSSR count). The molecule has 1 aromatic heterocycles. The maximum atomic E-state index is 13.6. The van der Waals surface area contributed by atoms with Crippen LogP contribution in [0.4, 0.5) is 4.79 Å². The number of benzene rings is 2. The molecule has 3 saturated carbocycles. The number of amides is 4. The van der Waals surface area contributed by atoms with Gasteiger partial charge < -0.3 is 14.0 Å². The lowest BCUT2D eigenvalue weighted by Crippen LogP contribution is -2.59. The van der Waals surface area contributed by atoms with Gasteiger partial charge in [0.2, 0.25) is 5.91 Å². The molecule has 5 atom stereocenters. The molecule has 228 valence electrons. The number of nitrogens with zero attached hydrogens (tertiary/aromatic N) is 3. The van der Waals surface area contributed by atoms with Gasteiger partial charge >= 0.3 is 16.1 Å². The summed E-state index contributed by atoms with van der Waals surface area (Å²) in [7, 11) is -4.11. The molecule has 3 aromatic rings. The number of carbonyl (C=O) groups excluding carboxylic acids is 3. The minimum absolute atomic E-state index is 0.0537. The topological polar surface area (TPSA) is 126 Å². The summed E-state index contributed by atoms with van der Waals surface area (Å²) in [6, 6.07) is 11.9. The van der Waals surface area contributed by atoms with Crippen LogP contribution in [-0.4, -0.2) is 66.2 Å². The second-order valence-electron chi connectivity index (χ2n) is 13.2. The molecule has 44 heavy (non-hydrogen) atoms. The lowest BCUT2D eigenvalue weighted by atomic mass is 9.52. The second kappa shape index (κ2) is 10.0. The Morgan fingerprint density at radius 2 is 1.82 bits per heavy atom. The van der Waals surface area contributed by atoms with Crippen LogP contribution in [0.5, 0.6) is 5.75 Å². The van der Waals surface area contributed by atoms with Crippen molar-refractivity contribution in [1.82, 2.24) is 20.1 Å². The van der Waals surface area contributed by atoms with Gasteiger partial charge in [0.25, 0.3) is 5.91 Å². The van der Waals surface area contributed by atoms with Crippen molar-refractivity contribution in [2.75, 3.05) is 13.1 Å². The molecule has 4 amide bonds. The van der Waals surface area contributed by atoms with E-state index in [0.29, 0.717) is 48.5 Å². The molecule has 5 aliphatic rings. The number of likely N-dealkylation sites (tertiary alicyclic amines) is 1. The zero-order valence-corrected chi connectivity index (χ0v) is 25.0. The number of piperidine rings is 1. The Bertz CT molecular complexity index is 1780. The lowest BCUT2D eigenvalue weighted by molar-refractivity contribution is -0.162. The van der Waals surface area contributed by atoms with Crippen molar-refractivity contribution in [2.45, 2.75) is 61.9 Å². The number of aromatic nitrogens is 1. The summed E-state index contributed by atoms with van der Waals surface area (Å²) < 4.78 is 31.7. The molecule has 10 nitrogen and oxygen atoms in total. The van der Waals surface area contributed by atoms with E-state index in [2.05, 4.69) is 10.3 Å². The van der Waals surface area contributed by atoms with Crippen LogP contribution in [-0.2, 0) is 26.1 Å². The number of nitrogens with one attached hydrogen (secondary N) is 1. The van der Waals surface area contributed by atoms with E-state index in [-0.39, 0.29) is 34.4 Å². The smallest absolute Gasteiger partial charge is 0.339 e. The normalized spacial score (nSPS) is 29.6. The van der Waals surface area contributed by atoms with Crippen LogP contribution in [0.15, 0.2) is 65.8 Å². The molecule has 0 radical (unpaired) electrons. The highest BCUT2D eigenvalue weighted by molar-refractivity contribution is 7.87. The van der Waals surface area contributed by atoms with Crippen molar-refractivity contribution < 1.29 is 27.0 Å². The van der Waals surface area contributed by atoms with E-state index < -0.39 is 22.2 Å². The van der Waals surface area contributed by atoms with Gasteiger partial charge in [-0.25, -0.2) is 4.79 Å². The van der Waals surface area contributed by atoms with Crippen molar-refractivity contribution >= 4 is 38.7 Å². The highest BCUT2D eigenvalue weighted by atomic mass is 32.2. The third kappa shape index (κ3) is 4.30. The Morgan fingerprint density at radius 1 is 1.02 bits per heavy atom. The van der Waals surface area contributed by atoms with E-state index in [4.69, 9.17) is 4.18 Å². The molecular formula is C33H34N4O6S. The van der Waals surface area contributed by atoms with E-state index in [0.717, 1.165) is 30.2 Å². The molecule has 3 heterocycles. The molecule has 2 aliphatic heterocycles. The quantitative estimate of drug-likeness (QED) is 0.316. The average molecular weight is 615 g/mol. The van der Waals surface area contributed by atoms with E-state index in [1.807, 2.05) is 4.90 Å². The van der Waals surface area contributed by atoms with Gasteiger partial charge in [0.1, 0.15) is 16.7 Å². The van der Waals surface area contributed by atoms with Gasteiger partial charge in [-0.05, 0) is 86.1 Å². The fourth-order valence-corrected chi connectivity index (χ4v) is 10.2. The molecule has 0 spiro atoms. The predicted molar refractivity (Wildman–Crippen MR) is 160 cm³/mol. The Kier molecular flexibility index (Phi) is 6.27. The van der Waals surface area contributed by atoms with Crippen molar-refractivity contribution in [3.63, 3.8) is 0 Å². The molecule has 2 aromatic carbocycles. The highest BCUT2D eigenvalue weighted by Crippen LogP contribution is 2.71. The maximum Gasteiger partial charge on any atom is 0.339 e. The summed E-state index contributed by atoms with van der Waals surface area (Å²) in [4.78, 5) is 47.1. The zero-order valence-electron chi connectivity index (χ0n) is 24.2. The van der Waals surface area contributed by atoms with Crippen molar-refractivity contribution in [2.24, 2.45) is 23.2 Å². The summed E-state index contributed by atoms with van der Waals surface area (Å²) in [5.74, 6) is 2.18. The Morgan fingerprint density at radius 3 is 2.55 bits per heavy atom. The third-order valence-electron chi connectivity index (χ3n) is 10.9. The second-order valence-corrected chi connectivity index (χ2v) is 14.8. The molecule has 1 N–H and O–H groups in total. The summed E-state index contributed by atoms with van der Waals surface area (Å²) in [6.45, 7) is 1.21. The van der Waals surface area contributed by atoms with Gasteiger partial charge in [0.05, 0.1) is 5.41 Å². The molecule has 5 unspecified atom stereocenters. The summed E-state index contributed by atoms with van der Waals surface area (Å²) in [5.41, 5.74) is 0.652. The molecule has 2 saturated heterocycles. The average Bonchev–Trinajstić information content (AvgIpc) is 3.61. The van der Waals surface area contributed by atoms with E-state index in [9.17, 15) is 22.8 Å². The van der Waals surface area contributed by atoms with Crippen molar-refractivity contribution in [3.8, 4) is 5.75 Å². The summed E-state index contributed by atoms with van der Waals surface area (Å²) in [6.07, 6.45) is 9.33. The fraction of sp³-hybridized carbons (Fsp3) is 0.455. The summed E-state index contributed by atoms with van der Waals surface area (Å²) >= 11 is 0. The minimum Gasteiger partial charge on any atom is -0.379 e. The van der Waals surface area contributed by atoms with Gasteiger partial charge in [-0.2, -0.15) is 8.42 Å². The Labute approximate surface area is 255 Å². The van der Waals surface area contributed by atoms with Gasteiger partial charge in [-0.15, -0.1) is 0 Å². The first-order valence-corrected chi connectivity index (χ1v) is 16.9. The highest BCUT2D eigenvalue weighted by Gasteiger charge is 2.68. The number of pyridine rings is 1. The van der Waals surface area contributed by atoms with Crippen LogP contribution in [0.2, 0.25) is 0 Å². The third-order valence-corrected chi connectivity index (χ3v) is 12.2. The van der Waals surface area contributed by atoms with Crippen LogP contribution in [0.25, 0.3) is 10.8 Å². The van der Waals surface area contributed by atoms with Crippen LogP contribution < -0.4 is 9.50 Å². The minimum atomic E-state index is -4.11. The standard InChI is InChI=1S/C33H34N4O6S/c38-30-28(16-20-4-6-25(7-5-20)43-44(41,42)29-3-1-2-22-19-34-11-8-26(22)29)37(32(40)35-30)24-9-12-36(13-10-24)31(39)33-17-21-14-23(18-33)27(33)15-21/h1-8,11,19,21,23-24,27-28H,9-10,12-18H2,(H,35,38,40). The van der Waals surface area contributed by atoms with E-state index in [1.54, 1.807) is 53.6 Å². The number of fused-ring (bicyclic) bond motifs is 2. The number of rotatable bonds is 7. The molecule has 5 fully saturated rings. The Hall–Kier alpha value is -3.99. The number of carbonyl (C=O) groups is 3. The predicted octanol–water partition coefficient (Wildman–Crippen LogP) is 3.89. The number of imide groups is 1. The monoisotopic (exact) mass is 614 g/mol.